The number of methoxy groups -OCH3 is 2. The van der Waals surface area contributed by atoms with Crippen molar-refractivity contribution in [1.82, 2.24) is 0 Å². The number of rotatable bonds is 6. The van der Waals surface area contributed by atoms with Gasteiger partial charge >= 0.3 is 0 Å². The monoisotopic (exact) mass is 542 g/mol. The second-order valence-electron chi connectivity index (χ2n) is 6.92. The van der Waals surface area contributed by atoms with E-state index >= 15 is 0 Å². The summed E-state index contributed by atoms with van der Waals surface area (Å²) in [6.07, 6.45) is 1.94. The van der Waals surface area contributed by atoms with Crippen molar-refractivity contribution in [3.8, 4) is 11.5 Å². The van der Waals surface area contributed by atoms with Crippen LogP contribution in [-0.4, -0.2) is 20.1 Å². The molecule has 1 amide bonds. The fraction of sp³-hybridized carbons (Fsp3) is 0.125. The van der Waals surface area contributed by atoms with E-state index in [0.717, 1.165) is 25.9 Å². The third kappa shape index (κ3) is 4.48. The van der Waals surface area contributed by atoms with Crippen molar-refractivity contribution in [2.45, 2.75) is 6.04 Å². The Balaban J connectivity index is 1.75. The number of carbonyl (C=O) groups excluding carboxylic acids is 1. The zero-order valence-corrected chi connectivity index (χ0v) is 20.1. The molecule has 1 atom stereocenters. The SMILES string of the molecule is COc1ccc(C2C=C(Nc3ccc(Br)cc3)C(=O)N2c2ccc(Br)cc2)cc1OC. The number of hydrogen-bond acceptors (Lipinski definition) is 4. The van der Waals surface area contributed by atoms with E-state index in [0.29, 0.717) is 17.2 Å². The highest BCUT2D eigenvalue weighted by atomic mass is 79.9. The molecule has 0 aromatic heterocycles. The van der Waals surface area contributed by atoms with Crippen molar-refractivity contribution >= 4 is 49.1 Å². The van der Waals surface area contributed by atoms with Gasteiger partial charge in [-0.25, -0.2) is 0 Å². The minimum Gasteiger partial charge on any atom is -0.493 e. The lowest BCUT2D eigenvalue weighted by Gasteiger charge is -2.26. The standard InChI is InChI=1S/C24H20Br2N2O3/c1-30-22-12-3-15(13-23(22)31-2)21-14-20(27-18-8-4-16(25)5-9-18)24(29)28(21)19-10-6-17(26)7-11-19/h3-14,21,27H,1-2H3. The molecule has 3 aromatic carbocycles. The predicted molar refractivity (Wildman–Crippen MR) is 130 cm³/mol. The summed E-state index contributed by atoms with van der Waals surface area (Å²) < 4.78 is 12.8. The summed E-state index contributed by atoms with van der Waals surface area (Å²) in [6, 6.07) is 20.8. The molecule has 0 aliphatic carbocycles. The summed E-state index contributed by atoms with van der Waals surface area (Å²) in [5.41, 5.74) is 3.08. The van der Waals surface area contributed by atoms with E-state index in [1.807, 2.05) is 72.8 Å². The first-order valence-electron chi connectivity index (χ1n) is 9.55. The topological polar surface area (TPSA) is 50.8 Å². The summed E-state index contributed by atoms with van der Waals surface area (Å²) in [7, 11) is 3.20. The van der Waals surface area contributed by atoms with Gasteiger partial charge in [0.15, 0.2) is 11.5 Å². The molecule has 0 radical (unpaired) electrons. The zero-order chi connectivity index (χ0) is 22.0. The van der Waals surface area contributed by atoms with Crippen LogP contribution in [-0.2, 0) is 4.79 Å². The van der Waals surface area contributed by atoms with Crippen LogP contribution in [0.25, 0.3) is 0 Å². The number of anilines is 2. The average Bonchev–Trinajstić information content (AvgIpc) is 3.11. The molecule has 31 heavy (non-hydrogen) atoms. The van der Waals surface area contributed by atoms with Gasteiger partial charge in [0.1, 0.15) is 5.70 Å². The van der Waals surface area contributed by atoms with Crippen LogP contribution in [0.1, 0.15) is 11.6 Å². The second kappa shape index (κ2) is 9.16. The maximum absolute atomic E-state index is 13.4. The lowest BCUT2D eigenvalue weighted by atomic mass is 10.1. The number of hydrogen-bond donors (Lipinski definition) is 1. The van der Waals surface area contributed by atoms with Gasteiger partial charge in [-0.2, -0.15) is 0 Å². The van der Waals surface area contributed by atoms with Crippen molar-refractivity contribution in [1.29, 1.82) is 0 Å². The van der Waals surface area contributed by atoms with Gasteiger partial charge in [0.05, 0.1) is 20.3 Å². The zero-order valence-electron chi connectivity index (χ0n) is 16.9. The van der Waals surface area contributed by atoms with Crippen molar-refractivity contribution < 1.29 is 14.3 Å². The molecule has 0 bridgehead atoms. The highest BCUT2D eigenvalue weighted by molar-refractivity contribution is 9.10. The highest BCUT2D eigenvalue weighted by Crippen LogP contribution is 2.39. The van der Waals surface area contributed by atoms with E-state index in [2.05, 4.69) is 37.2 Å². The summed E-state index contributed by atoms with van der Waals surface area (Å²) >= 11 is 6.90. The molecule has 5 nitrogen and oxygen atoms in total. The van der Waals surface area contributed by atoms with E-state index in [1.165, 1.54) is 0 Å². The predicted octanol–water partition coefficient (Wildman–Crippen LogP) is 6.31. The third-order valence-corrected chi connectivity index (χ3v) is 6.09. The van der Waals surface area contributed by atoms with Crippen LogP contribution in [0.5, 0.6) is 11.5 Å². The first kappa shape index (κ1) is 21.5. The van der Waals surface area contributed by atoms with E-state index < -0.39 is 0 Å². The lowest BCUT2D eigenvalue weighted by molar-refractivity contribution is -0.114. The highest BCUT2D eigenvalue weighted by Gasteiger charge is 2.35. The maximum atomic E-state index is 13.4. The molecule has 158 valence electrons. The molecule has 7 heteroatoms. The molecule has 1 aliphatic rings. The number of amides is 1. The van der Waals surface area contributed by atoms with E-state index in [1.54, 1.807) is 19.1 Å². The lowest BCUT2D eigenvalue weighted by Crippen LogP contribution is -2.30. The van der Waals surface area contributed by atoms with Gasteiger partial charge in [-0.1, -0.05) is 37.9 Å². The van der Waals surface area contributed by atoms with Gasteiger partial charge < -0.3 is 14.8 Å². The normalized spacial score (nSPS) is 15.6. The van der Waals surface area contributed by atoms with Crippen LogP contribution in [0.3, 0.4) is 0 Å². The molecule has 0 saturated heterocycles. The minimum absolute atomic E-state index is 0.106. The van der Waals surface area contributed by atoms with Gasteiger partial charge in [-0.15, -0.1) is 0 Å². The molecule has 1 heterocycles. The summed E-state index contributed by atoms with van der Waals surface area (Å²) in [5.74, 6) is 1.15. The second-order valence-corrected chi connectivity index (χ2v) is 8.75. The first-order chi connectivity index (χ1) is 15.0. The minimum atomic E-state index is -0.300. The molecule has 0 spiro atoms. The fourth-order valence-corrected chi connectivity index (χ4v) is 4.03. The molecular formula is C24H20Br2N2O3. The van der Waals surface area contributed by atoms with Crippen molar-refractivity contribution in [2.24, 2.45) is 0 Å². The average molecular weight is 544 g/mol. The summed E-state index contributed by atoms with van der Waals surface area (Å²) in [5, 5.41) is 3.26. The molecule has 1 unspecified atom stereocenters. The van der Waals surface area contributed by atoms with E-state index in [-0.39, 0.29) is 11.9 Å². The van der Waals surface area contributed by atoms with E-state index in [4.69, 9.17) is 9.47 Å². The van der Waals surface area contributed by atoms with Crippen LogP contribution in [0.2, 0.25) is 0 Å². The Morgan fingerprint density at radius 2 is 1.45 bits per heavy atom. The summed E-state index contributed by atoms with van der Waals surface area (Å²) in [4.78, 5) is 15.2. The molecule has 4 rings (SSSR count). The van der Waals surface area contributed by atoms with Gasteiger partial charge in [0.2, 0.25) is 0 Å². The van der Waals surface area contributed by atoms with Crippen LogP contribution in [0.4, 0.5) is 11.4 Å². The van der Waals surface area contributed by atoms with Crippen LogP contribution in [0, 0.1) is 0 Å². The Morgan fingerprint density at radius 1 is 0.839 bits per heavy atom. The molecule has 0 saturated carbocycles. The maximum Gasteiger partial charge on any atom is 0.275 e. The van der Waals surface area contributed by atoms with Crippen molar-refractivity contribution in [3.05, 3.63) is 93.0 Å². The molecule has 3 aromatic rings. The molecule has 0 fully saturated rings. The fourth-order valence-electron chi connectivity index (χ4n) is 3.51. The number of benzene rings is 3. The molecule has 1 aliphatic heterocycles. The number of halogens is 2. The Morgan fingerprint density at radius 3 is 2.06 bits per heavy atom. The Kier molecular flexibility index (Phi) is 6.34. The first-order valence-corrected chi connectivity index (χ1v) is 11.1. The largest absolute Gasteiger partial charge is 0.493 e. The van der Waals surface area contributed by atoms with Gasteiger partial charge in [0, 0.05) is 20.3 Å². The van der Waals surface area contributed by atoms with Gasteiger partial charge in [-0.05, 0) is 72.3 Å². The van der Waals surface area contributed by atoms with Crippen molar-refractivity contribution in [3.63, 3.8) is 0 Å². The number of nitrogens with zero attached hydrogens (tertiary/aromatic N) is 1. The quantitative estimate of drug-likeness (QED) is 0.395. The smallest absolute Gasteiger partial charge is 0.275 e. The summed E-state index contributed by atoms with van der Waals surface area (Å²) in [6.45, 7) is 0. The van der Waals surface area contributed by atoms with E-state index in [9.17, 15) is 4.79 Å². The van der Waals surface area contributed by atoms with Crippen LogP contribution < -0.4 is 19.7 Å². The Hall–Kier alpha value is -2.77. The Labute approximate surface area is 197 Å². The third-order valence-electron chi connectivity index (χ3n) is 5.03. The molecular weight excluding hydrogens is 524 g/mol. The van der Waals surface area contributed by atoms with Gasteiger partial charge in [-0.3, -0.25) is 9.69 Å². The number of ether oxygens (including phenoxy) is 2. The van der Waals surface area contributed by atoms with Crippen LogP contribution in [0.15, 0.2) is 87.4 Å². The number of nitrogens with one attached hydrogen (secondary N) is 1. The van der Waals surface area contributed by atoms with Crippen molar-refractivity contribution in [2.75, 3.05) is 24.4 Å². The number of carbonyl (C=O) groups is 1. The van der Waals surface area contributed by atoms with Gasteiger partial charge in [0.25, 0.3) is 5.91 Å². The van der Waals surface area contributed by atoms with Crippen LogP contribution >= 0.6 is 31.9 Å². The Bertz CT molecular complexity index is 1130. The molecule has 1 N–H and O–H groups in total.